The number of amides is 1. The van der Waals surface area contributed by atoms with Gasteiger partial charge in [-0.05, 0) is 52.7 Å². The number of hydrogen-bond donors (Lipinski definition) is 0. The second-order valence-corrected chi connectivity index (χ2v) is 9.19. The average Bonchev–Trinajstić information content (AvgIpc) is 2.94. The lowest BCUT2D eigenvalue weighted by molar-refractivity contribution is 0.0629. The van der Waals surface area contributed by atoms with E-state index in [-0.39, 0.29) is 11.5 Å². The third kappa shape index (κ3) is 4.16. The number of carbonyl (C=O) groups is 1. The maximum absolute atomic E-state index is 13.2. The van der Waals surface area contributed by atoms with Crippen molar-refractivity contribution < 1.29 is 4.79 Å². The number of fused-ring (bicyclic) bond motifs is 2. The van der Waals surface area contributed by atoms with E-state index in [1.165, 1.54) is 27.2 Å². The van der Waals surface area contributed by atoms with Gasteiger partial charge >= 0.3 is 0 Å². The molecule has 0 saturated carbocycles. The van der Waals surface area contributed by atoms with E-state index in [9.17, 15) is 9.59 Å². The van der Waals surface area contributed by atoms with E-state index in [4.69, 9.17) is 0 Å². The summed E-state index contributed by atoms with van der Waals surface area (Å²) in [6.45, 7) is 3.95. The van der Waals surface area contributed by atoms with E-state index in [0.717, 1.165) is 19.6 Å². The van der Waals surface area contributed by atoms with Crippen LogP contribution in [0.3, 0.4) is 0 Å². The summed E-state index contributed by atoms with van der Waals surface area (Å²) in [7, 11) is 0. The van der Waals surface area contributed by atoms with Crippen LogP contribution in [0, 0.1) is 0 Å². The summed E-state index contributed by atoms with van der Waals surface area (Å²) in [6, 6.07) is 29.4. The van der Waals surface area contributed by atoms with Gasteiger partial charge in [-0.15, -0.1) is 0 Å². The molecule has 0 N–H and O–H groups in total. The Hall–Kier alpha value is -4.29. The van der Waals surface area contributed by atoms with Gasteiger partial charge in [-0.25, -0.2) is 4.98 Å². The van der Waals surface area contributed by atoms with Crippen molar-refractivity contribution in [1.29, 1.82) is 0 Å². The molecule has 0 bridgehead atoms. The molecule has 6 nitrogen and oxygen atoms in total. The van der Waals surface area contributed by atoms with Crippen molar-refractivity contribution in [3.05, 3.63) is 119 Å². The minimum atomic E-state index is -0.123. The second kappa shape index (κ2) is 9.40. The van der Waals surface area contributed by atoms with Crippen LogP contribution in [0.4, 0.5) is 0 Å². The van der Waals surface area contributed by atoms with Crippen molar-refractivity contribution >= 4 is 27.6 Å². The number of nitrogens with zero attached hydrogens (tertiary/aromatic N) is 4. The Kier molecular flexibility index (Phi) is 5.79. The fourth-order valence-corrected chi connectivity index (χ4v) is 4.98. The zero-order chi connectivity index (χ0) is 24.5. The summed E-state index contributed by atoms with van der Waals surface area (Å²) in [5.41, 5.74) is 3.19. The molecule has 0 spiro atoms. The highest BCUT2D eigenvalue weighted by Crippen LogP contribution is 2.21. The molecule has 6 rings (SSSR count). The first-order valence-corrected chi connectivity index (χ1v) is 12.2. The van der Waals surface area contributed by atoms with E-state index in [1.807, 2.05) is 35.2 Å². The molecular weight excluding hydrogens is 448 g/mol. The number of aromatic nitrogens is 2. The summed E-state index contributed by atoms with van der Waals surface area (Å²) in [5.74, 6) is 0.0235. The Bertz CT molecular complexity index is 1610. The Balaban J connectivity index is 1.13. The van der Waals surface area contributed by atoms with Crippen LogP contribution in [0.25, 0.3) is 27.4 Å². The zero-order valence-electron chi connectivity index (χ0n) is 19.9. The van der Waals surface area contributed by atoms with Crippen molar-refractivity contribution in [2.24, 2.45) is 0 Å². The first-order chi connectivity index (χ1) is 17.7. The molecule has 1 saturated heterocycles. The highest BCUT2D eigenvalue weighted by molar-refractivity contribution is 5.94. The third-order valence-corrected chi connectivity index (χ3v) is 6.99. The monoisotopic (exact) mass is 474 g/mol. The predicted molar refractivity (Wildman–Crippen MR) is 142 cm³/mol. The molecule has 6 heteroatoms. The number of benzene rings is 4. The number of rotatable bonds is 4. The van der Waals surface area contributed by atoms with Gasteiger partial charge in [0.2, 0.25) is 0 Å². The number of carbonyl (C=O) groups excluding carboxylic acids is 1. The first-order valence-electron chi connectivity index (χ1n) is 12.2. The van der Waals surface area contributed by atoms with Crippen LogP contribution in [0.1, 0.15) is 15.9 Å². The van der Waals surface area contributed by atoms with Gasteiger partial charge in [-0.1, -0.05) is 54.6 Å². The minimum absolute atomic E-state index is 0.0235. The highest BCUT2D eigenvalue weighted by atomic mass is 16.2. The molecule has 1 aliphatic rings. The van der Waals surface area contributed by atoms with Gasteiger partial charge in [0, 0.05) is 38.3 Å². The molecular formula is C30H26N4O2. The quantitative estimate of drug-likeness (QED) is 0.385. The van der Waals surface area contributed by atoms with Gasteiger partial charge in [-0.2, -0.15) is 0 Å². The van der Waals surface area contributed by atoms with Gasteiger partial charge in [0.05, 0.1) is 16.6 Å². The van der Waals surface area contributed by atoms with Crippen molar-refractivity contribution in [2.75, 3.05) is 26.2 Å². The fraction of sp³-hybridized carbons (Fsp3) is 0.167. The first kappa shape index (κ1) is 22.2. The molecule has 0 atom stereocenters. The van der Waals surface area contributed by atoms with E-state index in [0.29, 0.717) is 35.2 Å². The lowest BCUT2D eigenvalue weighted by Gasteiger charge is -2.35. The molecule has 0 radical (unpaired) electrons. The smallest absolute Gasteiger partial charge is 0.265 e. The molecule has 178 valence electrons. The van der Waals surface area contributed by atoms with Crippen LogP contribution < -0.4 is 5.56 Å². The van der Waals surface area contributed by atoms with Crippen molar-refractivity contribution in [1.82, 2.24) is 19.4 Å². The van der Waals surface area contributed by atoms with Crippen LogP contribution >= 0.6 is 0 Å². The molecule has 1 aromatic heterocycles. The van der Waals surface area contributed by atoms with E-state index in [1.54, 1.807) is 18.2 Å². The van der Waals surface area contributed by atoms with Gasteiger partial charge in [0.1, 0.15) is 6.33 Å². The van der Waals surface area contributed by atoms with E-state index < -0.39 is 0 Å². The van der Waals surface area contributed by atoms with Gasteiger partial charge in [0.25, 0.3) is 11.5 Å². The minimum Gasteiger partial charge on any atom is -0.336 e. The largest absolute Gasteiger partial charge is 0.336 e. The maximum atomic E-state index is 13.2. The fourth-order valence-electron chi connectivity index (χ4n) is 4.98. The number of piperazine rings is 1. The molecule has 36 heavy (non-hydrogen) atoms. The predicted octanol–water partition coefficient (Wildman–Crippen LogP) is 4.50. The van der Waals surface area contributed by atoms with Gasteiger partial charge in [0.15, 0.2) is 0 Å². The van der Waals surface area contributed by atoms with E-state index >= 15 is 0 Å². The lowest BCUT2D eigenvalue weighted by atomic mass is 10.0. The molecule has 4 aromatic carbocycles. The normalized spacial score (nSPS) is 14.4. The molecule has 5 aromatic rings. The summed E-state index contributed by atoms with van der Waals surface area (Å²) < 4.78 is 1.52. The van der Waals surface area contributed by atoms with Crippen LogP contribution in [0.15, 0.2) is 102 Å². The third-order valence-electron chi connectivity index (χ3n) is 6.99. The summed E-state index contributed by atoms with van der Waals surface area (Å²) in [5, 5.41) is 3.12. The number of para-hydroxylation sites is 1. The SMILES string of the molecule is O=C(c1ccc(-n2cnc3ccccc3c2=O)cc1)N1CCN(Cc2cccc3ccccc23)CC1. The molecule has 0 aliphatic carbocycles. The van der Waals surface area contributed by atoms with Crippen molar-refractivity contribution in [2.45, 2.75) is 6.54 Å². The average molecular weight is 475 g/mol. The summed E-state index contributed by atoms with van der Waals surface area (Å²) in [4.78, 5) is 34.7. The highest BCUT2D eigenvalue weighted by Gasteiger charge is 2.22. The van der Waals surface area contributed by atoms with Crippen molar-refractivity contribution in [3.63, 3.8) is 0 Å². The second-order valence-electron chi connectivity index (χ2n) is 9.19. The van der Waals surface area contributed by atoms with Crippen LogP contribution in [0.5, 0.6) is 0 Å². The zero-order valence-corrected chi connectivity index (χ0v) is 19.9. The molecule has 2 heterocycles. The van der Waals surface area contributed by atoms with Crippen molar-refractivity contribution in [3.8, 4) is 5.69 Å². The number of hydrogen-bond acceptors (Lipinski definition) is 4. The standard InChI is InChI=1S/C30H26N4O2/c35-29(23-12-14-25(15-13-23)34-21-31-28-11-4-3-10-27(28)30(34)36)33-18-16-32(17-19-33)20-24-8-5-7-22-6-1-2-9-26(22)24/h1-15,21H,16-20H2. The topological polar surface area (TPSA) is 58.4 Å². The molecule has 1 aliphatic heterocycles. The lowest BCUT2D eigenvalue weighted by Crippen LogP contribution is -2.48. The van der Waals surface area contributed by atoms with E-state index in [2.05, 4.69) is 52.3 Å². The molecule has 1 fully saturated rings. The van der Waals surface area contributed by atoms with Gasteiger partial charge in [-0.3, -0.25) is 19.1 Å². The maximum Gasteiger partial charge on any atom is 0.265 e. The molecule has 1 amide bonds. The Morgan fingerprint density at radius 2 is 1.44 bits per heavy atom. The Morgan fingerprint density at radius 3 is 2.25 bits per heavy atom. The van der Waals surface area contributed by atoms with Crippen LogP contribution in [-0.4, -0.2) is 51.4 Å². The summed E-state index contributed by atoms with van der Waals surface area (Å²) in [6.07, 6.45) is 1.54. The summed E-state index contributed by atoms with van der Waals surface area (Å²) >= 11 is 0. The van der Waals surface area contributed by atoms with Crippen LogP contribution in [0.2, 0.25) is 0 Å². The Labute approximate surface area is 209 Å². The Morgan fingerprint density at radius 1 is 0.750 bits per heavy atom. The van der Waals surface area contributed by atoms with Crippen LogP contribution in [-0.2, 0) is 6.54 Å². The molecule has 0 unspecified atom stereocenters. The van der Waals surface area contributed by atoms with Gasteiger partial charge < -0.3 is 4.90 Å².